The van der Waals surface area contributed by atoms with Crippen LogP contribution in [0.25, 0.3) is 16.9 Å². The number of rotatable bonds is 7. The van der Waals surface area contributed by atoms with E-state index in [1.165, 1.54) is 0 Å². The SMILES string of the molecule is COc1ccc(NC(=O)CCc2nc3cccnc3n2-c2ccccc2)c(OC)c1. The number of ether oxygens (including phenoxy) is 2. The molecule has 0 saturated carbocycles. The van der Waals surface area contributed by atoms with Crippen molar-refractivity contribution in [3.63, 3.8) is 0 Å². The van der Waals surface area contributed by atoms with Crippen LogP contribution in [0, 0.1) is 0 Å². The number of nitrogens with zero attached hydrogens (tertiary/aromatic N) is 3. The van der Waals surface area contributed by atoms with Crippen molar-refractivity contribution in [1.29, 1.82) is 0 Å². The van der Waals surface area contributed by atoms with Gasteiger partial charge in [-0.1, -0.05) is 18.2 Å². The third-order valence-corrected chi connectivity index (χ3v) is 4.76. The van der Waals surface area contributed by atoms with Crippen LogP contribution < -0.4 is 14.8 Å². The molecule has 0 saturated heterocycles. The third-order valence-electron chi connectivity index (χ3n) is 4.76. The molecule has 30 heavy (non-hydrogen) atoms. The molecule has 1 amide bonds. The van der Waals surface area contributed by atoms with Gasteiger partial charge in [-0.05, 0) is 36.4 Å². The largest absolute Gasteiger partial charge is 0.497 e. The number of imidazole rings is 1. The number of aryl methyl sites for hydroxylation is 1. The zero-order valence-corrected chi connectivity index (χ0v) is 16.8. The van der Waals surface area contributed by atoms with Crippen molar-refractivity contribution in [2.75, 3.05) is 19.5 Å². The molecule has 4 rings (SSSR count). The van der Waals surface area contributed by atoms with Crippen molar-refractivity contribution >= 4 is 22.8 Å². The Morgan fingerprint density at radius 3 is 2.63 bits per heavy atom. The molecule has 7 heteroatoms. The molecule has 2 aromatic heterocycles. The number of fused-ring (bicyclic) bond motifs is 1. The van der Waals surface area contributed by atoms with Crippen LogP contribution in [0.15, 0.2) is 66.9 Å². The van der Waals surface area contributed by atoms with Crippen LogP contribution in [-0.2, 0) is 11.2 Å². The topological polar surface area (TPSA) is 78.3 Å². The average molecular weight is 402 g/mol. The smallest absolute Gasteiger partial charge is 0.224 e. The Balaban J connectivity index is 1.55. The molecule has 0 aliphatic rings. The van der Waals surface area contributed by atoms with E-state index < -0.39 is 0 Å². The second kappa shape index (κ2) is 8.65. The normalized spacial score (nSPS) is 10.7. The van der Waals surface area contributed by atoms with Crippen molar-refractivity contribution in [3.8, 4) is 17.2 Å². The van der Waals surface area contributed by atoms with Crippen LogP contribution in [0.4, 0.5) is 5.69 Å². The van der Waals surface area contributed by atoms with Crippen LogP contribution >= 0.6 is 0 Å². The number of anilines is 1. The molecule has 0 atom stereocenters. The van der Waals surface area contributed by atoms with Crippen molar-refractivity contribution in [3.05, 3.63) is 72.7 Å². The van der Waals surface area contributed by atoms with E-state index in [1.54, 1.807) is 38.6 Å². The summed E-state index contributed by atoms with van der Waals surface area (Å²) in [6.45, 7) is 0. The molecular formula is C23H22N4O3. The van der Waals surface area contributed by atoms with Gasteiger partial charge < -0.3 is 14.8 Å². The average Bonchev–Trinajstić information content (AvgIpc) is 3.17. The zero-order chi connectivity index (χ0) is 20.9. The van der Waals surface area contributed by atoms with Gasteiger partial charge in [-0.2, -0.15) is 0 Å². The van der Waals surface area contributed by atoms with Gasteiger partial charge >= 0.3 is 0 Å². The minimum absolute atomic E-state index is 0.127. The molecule has 152 valence electrons. The molecule has 1 N–H and O–H groups in total. The van der Waals surface area contributed by atoms with E-state index in [9.17, 15) is 4.79 Å². The predicted molar refractivity (Wildman–Crippen MR) is 115 cm³/mol. The van der Waals surface area contributed by atoms with E-state index in [4.69, 9.17) is 14.5 Å². The standard InChI is InChI=1S/C23H22N4O3/c1-29-17-10-11-18(20(15-17)30-2)26-22(28)13-12-21-25-19-9-6-14-24-23(19)27(21)16-7-4-3-5-8-16/h3-11,14-15H,12-13H2,1-2H3,(H,26,28). The van der Waals surface area contributed by atoms with E-state index in [0.29, 0.717) is 23.6 Å². The van der Waals surface area contributed by atoms with Gasteiger partial charge in [-0.15, -0.1) is 0 Å². The molecule has 0 fully saturated rings. The molecule has 0 aliphatic heterocycles. The number of nitrogens with one attached hydrogen (secondary N) is 1. The minimum atomic E-state index is -0.127. The van der Waals surface area contributed by atoms with Crippen LogP contribution in [-0.4, -0.2) is 34.7 Å². The Labute approximate surface area is 174 Å². The molecule has 0 spiro atoms. The minimum Gasteiger partial charge on any atom is -0.497 e. The Kier molecular flexibility index (Phi) is 5.61. The van der Waals surface area contributed by atoms with E-state index in [-0.39, 0.29) is 12.3 Å². The van der Waals surface area contributed by atoms with Crippen LogP contribution in [0.2, 0.25) is 0 Å². The van der Waals surface area contributed by atoms with Crippen molar-refractivity contribution in [2.24, 2.45) is 0 Å². The summed E-state index contributed by atoms with van der Waals surface area (Å²) in [6, 6.07) is 19.0. The van der Waals surface area contributed by atoms with Crippen molar-refractivity contribution in [2.45, 2.75) is 12.8 Å². The van der Waals surface area contributed by atoms with Gasteiger partial charge in [-0.3, -0.25) is 9.36 Å². The molecular weight excluding hydrogens is 380 g/mol. The highest BCUT2D eigenvalue weighted by molar-refractivity contribution is 5.92. The van der Waals surface area contributed by atoms with Gasteiger partial charge in [-0.25, -0.2) is 9.97 Å². The van der Waals surface area contributed by atoms with E-state index in [2.05, 4.69) is 10.3 Å². The van der Waals surface area contributed by atoms with Gasteiger partial charge in [0, 0.05) is 30.8 Å². The molecule has 0 unspecified atom stereocenters. The highest BCUT2D eigenvalue weighted by Crippen LogP contribution is 2.29. The van der Waals surface area contributed by atoms with E-state index in [1.807, 2.05) is 47.0 Å². The van der Waals surface area contributed by atoms with Gasteiger partial charge in [0.2, 0.25) is 5.91 Å². The summed E-state index contributed by atoms with van der Waals surface area (Å²) in [5, 5.41) is 2.90. The lowest BCUT2D eigenvalue weighted by molar-refractivity contribution is -0.116. The third kappa shape index (κ3) is 3.96. The summed E-state index contributed by atoms with van der Waals surface area (Å²) in [4.78, 5) is 21.8. The summed E-state index contributed by atoms with van der Waals surface area (Å²) < 4.78 is 12.5. The number of aromatic nitrogens is 3. The van der Waals surface area contributed by atoms with Gasteiger partial charge in [0.05, 0.1) is 19.9 Å². The van der Waals surface area contributed by atoms with Crippen LogP contribution in [0.3, 0.4) is 0 Å². The summed E-state index contributed by atoms with van der Waals surface area (Å²) in [5.41, 5.74) is 3.14. The number of hydrogen-bond acceptors (Lipinski definition) is 5. The first-order valence-corrected chi connectivity index (χ1v) is 9.59. The molecule has 0 radical (unpaired) electrons. The van der Waals surface area contributed by atoms with Crippen LogP contribution in [0.1, 0.15) is 12.2 Å². The monoisotopic (exact) mass is 402 g/mol. The van der Waals surface area contributed by atoms with Gasteiger partial charge in [0.15, 0.2) is 5.65 Å². The number of carbonyl (C=O) groups excluding carboxylic acids is 1. The number of carbonyl (C=O) groups is 1. The Hall–Kier alpha value is -3.87. The van der Waals surface area contributed by atoms with Crippen molar-refractivity contribution < 1.29 is 14.3 Å². The first-order chi connectivity index (χ1) is 14.7. The lowest BCUT2D eigenvalue weighted by atomic mass is 10.2. The lowest BCUT2D eigenvalue weighted by Crippen LogP contribution is -2.14. The summed E-state index contributed by atoms with van der Waals surface area (Å²) in [7, 11) is 3.14. The maximum absolute atomic E-state index is 12.6. The fraction of sp³-hybridized carbons (Fsp3) is 0.174. The maximum atomic E-state index is 12.6. The zero-order valence-electron chi connectivity index (χ0n) is 16.8. The highest BCUT2D eigenvalue weighted by Gasteiger charge is 2.15. The fourth-order valence-electron chi connectivity index (χ4n) is 3.32. The molecule has 0 bridgehead atoms. The second-order valence-electron chi connectivity index (χ2n) is 6.66. The first kappa shape index (κ1) is 19.4. The first-order valence-electron chi connectivity index (χ1n) is 9.59. The fourth-order valence-corrected chi connectivity index (χ4v) is 3.32. The second-order valence-corrected chi connectivity index (χ2v) is 6.66. The Bertz CT molecular complexity index is 1170. The summed E-state index contributed by atoms with van der Waals surface area (Å²) in [6.07, 6.45) is 2.48. The number of pyridine rings is 1. The molecule has 2 aromatic carbocycles. The number of amides is 1. The van der Waals surface area contributed by atoms with Gasteiger partial charge in [0.1, 0.15) is 22.8 Å². The molecule has 7 nitrogen and oxygen atoms in total. The Morgan fingerprint density at radius 2 is 1.87 bits per heavy atom. The van der Waals surface area contributed by atoms with Crippen molar-refractivity contribution in [1.82, 2.24) is 14.5 Å². The maximum Gasteiger partial charge on any atom is 0.224 e. The van der Waals surface area contributed by atoms with E-state index in [0.717, 1.165) is 22.7 Å². The predicted octanol–water partition coefficient (Wildman–Crippen LogP) is 4.01. The lowest BCUT2D eigenvalue weighted by Gasteiger charge is -2.12. The van der Waals surface area contributed by atoms with E-state index >= 15 is 0 Å². The quantitative estimate of drug-likeness (QED) is 0.505. The summed E-state index contributed by atoms with van der Waals surface area (Å²) >= 11 is 0. The molecule has 4 aromatic rings. The molecule has 2 heterocycles. The van der Waals surface area contributed by atoms with Gasteiger partial charge in [0.25, 0.3) is 0 Å². The van der Waals surface area contributed by atoms with Crippen LogP contribution in [0.5, 0.6) is 11.5 Å². The summed E-state index contributed by atoms with van der Waals surface area (Å²) in [5.74, 6) is 1.86. The number of para-hydroxylation sites is 1. The number of benzene rings is 2. The highest BCUT2D eigenvalue weighted by atomic mass is 16.5. The number of methoxy groups -OCH3 is 2. The Morgan fingerprint density at radius 1 is 1.03 bits per heavy atom. The number of hydrogen-bond donors (Lipinski definition) is 1. The molecule has 0 aliphatic carbocycles.